The molecule has 0 bridgehead atoms. The van der Waals surface area contributed by atoms with Crippen molar-refractivity contribution in [3.8, 4) is 17.1 Å². The van der Waals surface area contributed by atoms with E-state index in [9.17, 15) is 4.79 Å². The van der Waals surface area contributed by atoms with Crippen LogP contribution in [0, 0.1) is 0 Å². The lowest BCUT2D eigenvalue weighted by molar-refractivity contribution is 0.0951. The molecule has 0 radical (unpaired) electrons. The largest absolute Gasteiger partial charge is 0.460 e. The molecule has 9 nitrogen and oxygen atoms in total. The zero-order valence-corrected chi connectivity index (χ0v) is 18.2. The monoisotopic (exact) mass is 436 g/mol. The van der Waals surface area contributed by atoms with E-state index in [2.05, 4.69) is 25.7 Å². The number of benzene rings is 1. The Morgan fingerprint density at radius 2 is 1.91 bits per heavy atom. The summed E-state index contributed by atoms with van der Waals surface area (Å²) in [7, 11) is 1.66. The van der Waals surface area contributed by atoms with Crippen LogP contribution < -0.4 is 15.4 Å². The summed E-state index contributed by atoms with van der Waals surface area (Å²) in [5.74, 6) is 0.532. The maximum atomic E-state index is 12.3. The van der Waals surface area contributed by atoms with Gasteiger partial charge in [-0.15, -0.1) is 0 Å². The summed E-state index contributed by atoms with van der Waals surface area (Å²) in [4.78, 5) is 21.5. The molecule has 9 heteroatoms. The van der Waals surface area contributed by atoms with Crippen LogP contribution in [0.25, 0.3) is 16.8 Å². The number of nitrogens with one attached hydrogen (secondary N) is 2. The van der Waals surface area contributed by atoms with Gasteiger partial charge in [0.05, 0.1) is 12.8 Å². The zero-order chi connectivity index (χ0) is 21.9. The summed E-state index contributed by atoms with van der Waals surface area (Å²) in [6.07, 6.45) is 8.45. The summed E-state index contributed by atoms with van der Waals surface area (Å²) in [5.41, 5.74) is 3.09. The van der Waals surface area contributed by atoms with Gasteiger partial charge in [0, 0.05) is 30.8 Å². The normalized spacial score (nSPS) is 16.4. The second-order valence-electron chi connectivity index (χ2n) is 8.39. The number of nitrogens with zero attached hydrogens (tertiary/aromatic N) is 4. The molecule has 2 N–H and O–H groups in total. The van der Waals surface area contributed by atoms with E-state index >= 15 is 0 Å². The van der Waals surface area contributed by atoms with E-state index in [0.717, 1.165) is 36.8 Å². The first kappa shape index (κ1) is 20.7. The van der Waals surface area contributed by atoms with E-state index in [1.165, 1.54) is 12.8 Å². The molecule has 2 saturated carbocycles. The molecule has 0 spiro atoms. The summed E-state index contributed by atoms with van der Waals surface area (Å²) in [5, 5.41) is 10.8. The molecule has 32 heavy (non-hydrogen) atoms. The minimum atomic E-state index is -0.0295. The Hall–Kier alpha value is -3.20. The molecule has 0 atom stereocenters. The van der Waals surface area contributed by atoms with Crippen LogP contribution in [0.1, 0.15) is 48.9 Å². The molecule has 2 aromatic heterocycles. The number of aromatic nitrogens is 4. The number of carbonyl (C=O) groups excluding carboxylic acids is 1. The third-order valence-electron chi connectivity index (χ3n) is 5.88. The van der Waals surface area contributed by atoms with Crippen LogP contribution in [0.4, 0.5) is 5.95 Å². The van der Waals surface area contributed by atoms with E-state index in [4.69, 9.17) is 9.47 Å². The van der Waals surface area contributed by atoms with Crippen LogP contribution in [0.15, 0.2) is 30.5 Å². The predicted molar refractivity (Wildman–Crippen MR) is 120 cm³/mol. The SMILES string of the molecule is COCCNc1nc(OC2CCCC2)nc2c(-c3ccc(C(=O)NC4CC4)cc3)cnn12. The van der Waals surface area contributed by atoms with Gasteiger partial charge in [0.15, 0.2) is 5.65 Å². The number of amides is 1. The Bertz CT molecular complexity index is 1090. The number of ether oxygens (including phenoxy) is 2. The first-order chi connectivity index (χ1) is 15.7. The number of carbonyl (C=O) groups is 1. The summed E-state index contributed by atoms with van der Waals surface area (Å²) in [6, 6.07) is 8.22. The minimum absolute atomic E-state index is 0.0295. The summed E-state index contributed by atoms with van der Waals surface area (Å²) < 4.78 is 12.9. The molecule has 0 unspecified atom stereocenters. The van der Waals surface area contributed by atoms with Crippen LogP contribution >= 0.6 is 0 Å². The van der Waals surface area contributed by atoms with Crippen molar-refractivity contribution in [1.82, 2.24) is 24.9 Å². The molecule has 3 aromatic rings. The van der Waals surface area contributed by atoms with Gasteiger partial charge in [-0.2, -0.15) is 19.6 Å². The van der Waals surface area contributed by atoms with E-state index in [1.54, 1.807) is 17.8 Å². The molecule has 0 aliphatic heterocycles. The van der Waals surface area contributed by atoms with Crippen molar-refractivity contribution in [3.05, 3.63) is 36.0 Å². The van der Waals surface area contributed by atoms with Gasteiger partial charge in [-0.3, -0.25) is 4.79 Å². The average Bonchev–Trinajstić information content (AvgIpc) is 3.28. The van der Waals surface area contributed by atoms with Crippen molar-refractivity contribution in [2.75, 3.05) is 25.6 Å². The number of anilines is 1. The third kappa shape index (κ3) is 4.52. The van der Waals surface area contributed by atoms with Gasteiger partial charge < -0.3 is 20.1 Å². The lowest BCUT2D eigenvalue weighted by Crippen LogP contribution is -2.25. The molecule has 1 aromatic carbocycles. The number of hydrogen-bond donors (Lipinski definition) is 2. The molecular weight excluding hydrogens is 408 g/mol. The van der Waals surface area contributed by atoms with Gasteiger partial charge in [-0.25, -0.2) is 0 Å². The van der Waals surface area contributed by atoms with Crippen molar-refractivity contribution in [1.29, 1.82) is 0 Å². The van der Waals surface area contributed by atoms with Crippen LogP contribution in [-0.4, -0.2) is 57.9 Å². The average molecular weight is 437 g/mol. The highest BCUT2D eigenvalue weighted by atomic mass is 16.5. The number of rotatable bonds is 9. The van der Waals surface area contributed by atoms with Crippen molar-refractivity contribution < 1.29 is 14.3 Å². The summed E-state index contributed by atoms with van der Waals surface area (Å²) in [6.45, 7) is 1.13. The summed E-state index contributed by atoms with van der Waals surface area (Å²) >= 11 is 0. The second kappa shape index (κ2) is 9.12. The minimum Gasteiger partial charge on any atom is -0.460 e. The molecule has 168 valence electrons. The van der Waals surface area contributed by atoms with Gasteiger partial charge >= 0.3 is 6.01 Å². The van der Waals surface area contributed by atoms with E-state index in [-0.39, 0.29) is 12.0 Å². The van der Waals surface area contributed by atoms with E-state index < -0.39 is 0 Å². The molecule has 2 fully saturated rings. The lowest BCUT2D eigenvalue weighted by atomic mass is 10.1. The Morgan fingerprint density at radius 1 is 1.12 bits per heavy atom. The fourth-order valence-corrected chi connectivity index (χ4v) is 3.95. The predicted octanol–water partition coefficient (Wildman–Crippen LogP) is 3.06. The maximum absolute atomic E-state index is 12.3. The molecular formula is C23H28N6O3. The highest BCUT2D eigenvalue weighted by Crippen LogP contribution is 2.28. The van der Waals surface area contributed by atoms with Gasteiger partial charge in [0.1, 0.15) is 6.10 Å². The van der Waals surface area contributed by atoms with Gasteiger partial charge in [0.2, 0.25) is 5.95 Å². The fourth-order valence-electron chi connectivity index (χ4n) is 3.95. The van der Waals surface area contributed by atoms with Crippen molar-refractivity contribution in [2.45, 2.75) is 50.7 Å². The molecule has 5 rings (SSSR count). The van der Waals surface area contributed by atoms with Crippen LogP contribution in [0.2, 0.25) is 0 Å². The Balaban J connectivity index is 1.45. The van der Waals surface area contributed by atoms with E-state index in [1.807, 2.05) is 24.3 Å². The smallest absolute Gasteiger partial charge is 0.322 e. The number of fused-ring (bicyclic) bond motifs is 1. The maximum Gasteiger partial charge on any atom is 0.322 e. The van der Waals surface area contributed by atoms with Gasteiger partial charge in [0.25, 0.3) is 5.91 Å². The first-order valence-electron chi connectivity index (χ1n) is 11.3. The molecule has 2 aliphatic rings. The molecule has 0 saturated heterocycles. The van der Waals surface area contributed by atoms with Gasteiger partial charge in [-0.1, -0.05) is 12.1 Å². The standard InChI is InChI=1S/C23H28N6O3/c1-31-13-12-24-22-28-23(32-18-4-2-3-5-18)27-20-19(14-25-29(20)22)15-6-8-16(9-7-15)21(30)26-17-10-11-17/h6-9,14,17-18H,2-5,10-13H2,1H3,(H,26,30)(H,24,27,28). The quantitative estimate of drug-likeness (QED) is 0.497. The highest BCUT2D eigenvalue weighted by molar-refractivity contribution is 5.95. The molecule has 2 aliphatic carbocycles. The Labute approximate surface area is 186 Å². The lowest BCUT2D eigenvalue weighted by Gasteiger charge is -2.13. The Kier molecular flexibility index (Phi) is 5.89. The second-order valence-corrected chi connectivity index (χ2v) is 8.39. The first-order valence-corrected chi connectivity index (χ1v) is 11.3. The van der Waals surface area contributed by atoms with Crippen molar-refractivity contribution >= 4 is 17.5 Å². The van der Waals surface area contributed by atoms with Crippen LogP contribution in [0.3, 0.4) is 0 Å². The molecule has 1 amide bonds. The van der Waals surface area contributed by atoms with Crippen LogP contribution in [0.5, 0.6) is 6.01 Å². The Morgan fingerprint density at radius 3 is 2.62 bits per heavy atom. The van der Waals surface area contributed by atoms with E-state index in [0.29, 0.717) is 42.4 Å². The number of hydrogen-bond acceptors (Lipinski definition) is 7. The van der Waals surface area contributed by atoms with Gasteiger partial charge in [-0.05, 0) is 56.2 Å². The zero-order valence-electron chi connectivity index (χ0n) is 18.2. The van der Waals surface area contributed by atoms with Crippen molar-refractivity contribution in [2.24, 2.45) is 0 Å². The highest BCUT2D eigenvalue weighted by Gasteiger charge is 2.24. The third-order valence-corrected chi connectivity index (χ3v) is 5.88. The topological polar surface area (TPSA) is 103 Å². The number of methoxy groups -OCH3 is 1. The molecule has 2 heterocycles. The fraction of sp³-hybridized carbons (Fsp3) is 0.478. The van der Waals surface area contributed by atoms with Crippen LogP contribution in [-0.2, 0) is 4.74 Å². The van der Waals surface area contributed by atoms with Crippen molar-refractivity contribution in [3.63, 3.8) is 0 Å².